The molecule has 0 aromatic carbocycles. The lowest BCUT2D eigenvalue weighted by Gasteiger charge is -2.27. The summed E-state index contributed by atoms with van der Waals surface area (Å²) in [5, 5.41) is 7.67. The zero-order chi connectivity index (χ0) is 17.0. The summed E-state index contributed by atoms with van der Waals surface area (Å²) in [5.41, 5.74) is 0.746. The van der Waals surface area contributed by atoms with Crippen molar-refractivity contribution in [3.63, 3.8) is 0 Å². The van der Waals surface area contributed by atoms with E-state index in [-0.39, 0.29) is 12.1 Å². The maximum Gasteiger partial charge on any atom is 0.410 e. The van der Waals surface area contributed by atoms with E-state index in [4.69, 9.17) is 4.74 Å². The minimum absolute atomic E-state index is 0.180. The Morgan fingerprint density at radius 1 is 1.52 bits per heavy atom. The molecule has 1 aliphatic carbocycles. The van der Waals surface area contributed by atoms with E-state index in [2.05, 4.69) is 17.3 Å². The van der Waals surface area contributed by atoms with Gasteiger partial charge in [-0.25, -0.2) is 4.79 Å². The minimum atomic E-state index is -0.433. The van der Waals surface area contributed by atoms with Gasteiger partial charge in [-0.05, 0) is 53.5 Å². The van der Waals surface area contributed by atoms with Crippen LogP contribution in [0.3, 0.4) is 0 Å². The summed E-state index contributed by atoms with van der Waals surface area (Å²) in [5.74, 6) is 0. The van der Waals surface area contributed by atoms with Crippen LogP contribution in [0.25, 0.3) is 0 Å². The molecule has 1 aromatic rings. The highest BCUT2D eigenvalue weighted by molar-refractivity contribution is 5.69. The van der Waals surface area contributed by atoms with Crippen molar-refractivity contribution >= 4 is 6.09 Å². The van der Waals surface area contributed by atoms with Crippen LogP contribution >= 0.6 is 0 Å². The number of ether oxygens (including phenoxy) is 1. The quantitative estimate of drug-likeness (QED) is 0.784. The molecule has 2 rings (SSSR count). The van der Waals surface area contributed by atoms with Gasteiger partial charge in [0.05, 0.1) is 6.20 Å². The lowest BCUT2D eigenvalue weighted by atomic mass is 10.2. The number of nitrogens with one attached hydrogen (secondary N) is 1. The standard InChI is InChI=1S/C17H30N4O2/c1-13(14-11-19-20(5)12-14)18-9-6-10-21(15-7-8-15)16(22)23-17(2,3)4/h11-13,15,18H,6-10H2,1-5H3. The number of hydrogen-bond donors (Lipinski definition) is 1. The minimum Gasteiger partial charge on any atom is -0.444 e. The van der Waals surface area contributed by atoms with Gasteiger partial charge in [-0.1, -0.05) is 0 Å². The number of amides is 1. The SMILES string of the molecule is CC(NCCCN(C(=O)OC(C)(C)C)C1CC1)c1cnn(C)c1. The van der Waals surface area contributed by atoms with Crippen molar-refractivity contribution in [2.24, 2.45) is 7.05 Å². The number of aryl methyl sites for hydroxylation is 1. The highest BCUT2D eigenvalue weighted by atomic mass is 16.6. The van der Waals surface area contributed by atoms with E-state index in [9.17, 15) is 4.79 Å². The molecule has 1 aliphatic rings. The second kappa shape index (κ2) is 7.34. The van der Waals surface area contributed by atoms with Crippen molar-refractivity contribution in [3.8, 4) is 0 Å². The molecule has 0 radical (unpaired) electrons. The van der Waals surface area contributed by atoms with Gasteiger partial charge in [-0.15, -0.1) is 0 Å². The topological polar surface area (TPSA) is 59.4 Å². The number of carbonyl (C=O) groups excluding carboxylic acids is 1. The molecule has 130 valence electrons. The molecule has 1 fully saturated rings. The van der Waals surface area contributed by atoms with Crippen molar-refractivity contribution in [3.05, 3.63) is 18.0 Å². The molecule has 1 saturated carbocycles. The van der Waals surface area contributed by atoms with Crippen molar-refractivity contribution < 1.29 is 9.53 Å². The zero-order valence-corrected chi connectivity index (χ0v) is 15.0. The van der Waals surface area contributed by atoms with Crippen LogP contribution in [-0.2, 0) is 11.8 Å². The first-order valence-electron chi connectivity index (χ1n) is 8.48. The van der Waals surface area contributed by atoms with Crippen molar-refractivity contribution in [1.29, 1.82) is 0 Å². The number of hydrogen-bond acceptors (Lipinski definition) is 4. The second-order valence-electron chi connectivity index (χ2n) is 7.38. The van der Waals surface area contributed by atoms with Crippen molar-refractivity contribution in [1.82, 2.24) is 20.0 Å². The number of aromatic nitrogens is 2. The van der Waals surface area contributed by atoms with Crippen LogP contribution in [0.2, 0.25) is 0 Å². The third-order valence-electron chi connectivity index (χ3n) is 3.87. The lowest BCUT2D eigenvalue weighted by Crippen LogP contribution is -2.39. The van der Waals surface area contributed by atoms with Gasteiger partial charge in [0.25, 0.3) is 0 Å². The summed E-state index contributed by atoms with van der Waals surface area (Å²) >= 11 is 0. The van der Waals surface area contributed by atoms with Crippen molar-refractivity contribution in [2.75, 3.05) is 13.1 Å². The first-order chi connectivity index (χ1) is 10.8. The second-order valence-corrected chi connectivity index (χ2v) is 7.38. The van der Waals surface area contributed by atoms with Crippen molar-refractivity contribution in [2.45, 2.75) is 64.6 Å². The van der Waals surface area contributed by atoms with E-state index >= 15 is 0 Å². The molecule has 6 heteroatoms. The van der Waals surface area contributed by atoms with Gasteiger partial charge in [0, 0.05) is 37.4 Å². The molecule has 1 N–H and O–H groups in total. The Kier molecular flexibility index (Phi) is 5.68. The van der Waals surface area contributed by atoms with Crippen LogP contribution in [-0.4, -0.2) is 45.5 Å². The average molecular weight is 322 g/mol. The smallest absolute Gasteiger partial charge is 0.410 e. The van der Waals surface area contributed by atoms with Crippen LogP contribution in [0.5, 0.6) is 0 Å². The summed E-state index contributed by atoms with van der Waals surface area (Å²) in [6.45, 7) is 9.46. The maximum absolute atomic E-state index is 12.3. The van der Waals surface area contributed by atoms with E-state index in [0.29, 0.717) is 6.04 Å². The fourth-order valence-electron chi connectivity index (χ4n) is 2.48. The summed E-state index contributed by atoms with van der Waals surface area (Å²) in [6, 6.07) is 0.639. The number of nitrogens with zero attached hydrogens (tertiary/aromatic N) is 3. The Bertz CT molecular complexity index is 517. The molecule has 1 unspecified atom stereocenters. The van der Waals surface area contributed by atoms with Crippen LogP contribution in [0, 0.1) is 0 Å². The molecular formula is C17H30N4O2. The fourth-order valence-corrected chi connectivity index (χ4v) is 2.48. The van der Waals surface area contributed by atoms with Gasteiger partial charge < -0.3 is 15.0 Å². The predicted octanol–water partition coefficient (Wildman–Crippen LogP) is 2.86. The third kappa shape index (κ3) is 5.86. The molecule has 0 bridgehead atoms. The Balaban J connectivity index is 1.73. The highest BCUT2D eigenvalue weighted by Crippen LogP contribution is 2.28. The molecule has 0 spiro atoms. The largest absolute Gasteiger partial charge is 0.444 e. The van der Waals surface area contributed by atoms with Gasteiger partial charge in [0.2, 0.25) is 0 Å². The fraction of sp³-hybridized carbons (Fsp3) is 0.765. The summed E-state index contributed by atoms with van der Waals surface area (Å²) in [4.78, 5) is 14.2. The van der Waals surface area contributed by atoms with E-state index < -0.39 is 5.60 Å². The molecule has 1 atom stereocenters. The molecule has 23 heavy (non-hydrogen) atoms. The summed E-state index contributed by atoms with van der Waals surface area (Å²) in [6.07, 6.45) is 6.84. The Hall–Kier alpha value is -1.56. The van der Waals surface area contributed by atoms with Crippen LogP contribution in [0.4, 0.5) is 4.79 Å². The van der Waals surface area contributed by atoms with Crippen LogP contribution in [0.1, 0.15) is 58.6 Å². The van der Waals surface area contributed by atoms with Gasteiger partial charge >= 0.3 is 6.09 Å². The predicted molar refractivity (Wildman–Crippen MR) is 90.2 cm³/mol. The van der Waals surface area contributed by atoms with Gasteiger partial charge in [-0.3, -0.25) is 4.68 Å². The molecule has 1 aromatic heterocycles. The maximum atomic E-state index is 12.3. The molecule has 1 amide bonds. The van der Waals surface area contributed by atoms with E-state index in [1.54, 1.807) is 0 Å². The summed E-state index contributed by atoms with van der Waals surface area (Å²) < 4.78 is 7.32. The molecule has 0 aliphatic heterocycles. The van der Waals surface area contributed by atoms with Gasteiger partial charge in [-0.2, -0.15) is 5.10 Å². The first-order valence-corrected chi connectivity index (χ1v) is 8.48. The highest BCUT2D eigenvalue weighted by Gasteiger charge is 2.34. The van der Waals surface area contributed by atoms with Crippen LogP contribution < -0.4 is 5.32 Å². The lowest BCUT2D eigenvalue weighted by molar-refractivity contribution is 0.0232. The monoisotopic (exact) mass is 322 g/mol. The molecular weight excluding hydrogens is 292 g/mol. The molecule has 6 nitrogen and oxygen atoms in total. The summed E-state index contributed by atoms with van der Waals surface area (Å²) in [7, 11) is 1.92. The Labute approximate surface area is 139 Å². The Morgan fingerprint density at radius 2 is 2.22 bits per heavy atom. The third-order valence-corrected chi connectivity index (χ3v) is 3.87. The van der Waals surface area contributed by atoms with Gasteiger partial charge in [0.15, 0.2) is 0 Å². The normalized spacial score (nSPS) is 16.2. The average Bonchev–Trinajstić information content (AvgIpc) is 3.17. The molecule has 0 saturated heterocycles. The number of rotatable bonds is 7. The van der Waals surface area contributed by atoms with E-state index in [1.165, 1.54) is 5.56 Å². The van der Waals surface area contributed by atoms with Crippen LogP contribution in [0.15, 0.2) is 12.4 Å². The van der Waals surface area contributed by atoms with E-state index in [0.717, 1.165) is 32.4 Å². The van der Waals surface area contributed by atoms with E-state index in [1.807, 2.05) is 49.8 Å². The number of carbonyl (C=O) groups is 1. The first kappa shape index (κ1) is 17.8. The van der Waals surface area contributed by atoms with Gasteiger partial charge in [0.1, 0.15) is 5.60 Å². The Morgan fingerprint density at radius 3 is 2.74 bits per heavy atom. The molecule has 1 heterocycles. The zero-order valence-electron chi connectivity index (χ0n) is 15.0.